The van der Waals surface area contributed by atoms with Crippen LogP contribution in [0.5, 0.6) is 0 Å². The molecule has 28 heavy (non-hydrogen) atoms. The summed E-state index contributed by atoms with van der Waals surface area (Å²) in [7, 11) is 0. The first-order valence-electron chi connectivity index (χ1n) is 9.61. The fourth-order valence-corrected chi connectivity index (χ4v) is 4.67. The molecule has 4 rings (SSSR count). The van der Waals surface area contributed by atoms with Crippen molar-refractivity contribution < 1.29 is 9.53 Å². The van der Waals surface area contributed by atoms with E-state index in [2.05, 4.69) is 29.2 Å². The number of morpholine rings is 1. The van der Waals surface area contributed by atoms with Gasteiger partial charge in [-0.05, 0) is 39.0 Å². The van der Waals surface area contributed by atoms with Crippen LogP contribution in [0.25, 0.3) is 15.9 Å². The second-order valence-corrected chi connectivity index (χ2v) is 8.79. The number of nitrogens with zero attached hydrogens (tertiary/aromatic N) is 3. The van der Waals surface area contributed by atoms with E-state index in [-0.39, 0.29) is 11.4 Å². The average Bonchev–Trinajstić information content (AvgIpc) is 3.28. The summed E-state index contributed by atoms with van der Waals surface area (Å²) in [5, 5.41) is 8.80. The lowest BCUT2D eigenvalue weighted by Gasteiger charge is -2.40. The number of carbonyl (C=O) groups excluding carboxylic acids is 1. The largest absolute Gasteiger partial charge is 0.379 e. The molecule has 0 unspecified atom stereocenters. The normalized spacial score (nSPS) is 15.8. The van der Waals surface area contributed by atoms with Gasteiger partial charge >= 0.3 is 0 Å². The molecular weight excluding hydrogens is 372 g/mol. The third kappa shape index (κ3) is 3.70. The molecule has 0 saturated carbocycles. The number of thiophene rings is 1. The Morgan fingerprint density at radius 1 is 1.25 bits per heavy atom. The number of para-hydroxylation sites is 1. The molecule has 148 valence electrons. The van der Waals surface area contributed by atoms with E-state index in [0.717, 1.165) is 52.8 Å². The number of hydrogen-bond acceptors (Lipinski definition) is 5. The molecule has 0 radical (unpaired) electrons. The molecule has 0 spiro atoms. The average molecular weight is 399 g/mol. The van der Waals surface area contributed by atoms with E-state index in [0.29, 0.717) is 6.54 Å². The van der Waals surface area contributed by atoms with Crippen LogP contribution in [0, 0.1) is 6.92 Å². The maximum Gasteiger partial charge on any atom is 0.261 e. The van der Waals surface area contributed by atoms with Crippen LogP contribution in [0.4, 0.5) is 0 Å². The monoisotopic (exact) mass is 398 g/mol. The van der Waals surface area contributed by atoms with Gasteiger partial charge in [-0.25, -0.2) is 4.68 Å². The quantitative estimate of drug-likeness (QED) is 0.717. The van der Waals surface area contributed by atoms with Crippen molar-refractivity contribution in [2.45, 2.75) is 26.3 Å². The minimum atomic E-state index is -0.104. The third-order valence-electron chi connectivity index (χ3n) is 5.32. The summed E-state index contributed by atoms with van der Waals surface area (Å²) >= 11 is 1.49. The number of nitrogens with one attached hydrogen (secondary N) is 1. The number of ether oxygens (including phenoxy) is 1. The Bertz CT molecular complexity index is 971. The predicted octanol–water partition coefficient (Wildman–Crippen LogP) is 3.24. The molecule has 3 heterocycles. The first-order chi connectivity index (χ1) is 13.5. The highest BCUT2D eigenvalue weighted by atomic mass is 32.1. The zero-order chi connectivity index (χ0) is 19.7. The van der Waals surface area contributed by atoms with Gasteiger partial charge in [0, 0.05) is 30.6 Å². The fourth-order valence-electron chi connectivity index (χ4n) is 3.57. The van der Waals surface area contributed by atoms with Crippen molar-refractivity contribution in [3.8, 4) is 5.69 Å². The Hall–Kier alpha value is -2.22. The van der Waals surface area contributed by atoms with Crippen LogP contribution in [-0.4, -0.2) is 59.0 Å². The number of carbonyl (C=O) groups is 1. The van der Waals surface area contributed by atoms with Gasteiger partial charge in [0.15, 0.2) is 0 Å². The zero-order valence-electron chi connectivity index (χ0n) is 16.6. The van der Waals surface area contributed by atoms with E-state index in [4.69, 9.17) is 4.74 Å². The maximum absolute atomic E-state index is 12.8. The van der Waals surface area contributed by atoms with Gasteiger partial charge in [0.1, 0.15) is 4.83 Å². The molecule has 0 bridgehead atoms. The molecule has 0 aliphatic carbocycles. The minimum Gasteiger partial charge on any atom is -0.379 e. The second kappa shape index (κ2) is 7.66. The van der Waals surface area contributed by atoms with Gasteiger partial charge in [-0.1, -0.05) is 18.2 Å². The van der Waals surface area contributed by atoms with Crippen molar-refractivity contribution in [1.82, 2.24) is 20.0 Å². The first kappa shape index (κ1) is 19.1. The van der Waals surface area contributed by atoms with E-state index in [9.17, 15) is 4.79 Å². The Morgan fingerprint density at radius 3 is 2.68 bits per heavy atom. The van der Waals surface area contributed by atoms with Crippen LogP contribution in [0.2, 0.25) is 0 Å². The van der Waals surface area contributed by atoms with Crippen LogP contribution in [0.3, 0.4) is 0 Å². The highest BCUT2D eigenvalue weighted by molar-refractivity contribution is 7.20. The lowest BCUT2D eigenvalue weighted by molar-refractivity contribution is -0.00922. The lowest BCUT2D eigenvalue weighted by atomic mass is 10.0. The highest BCUT2D eigenvalue weighted by Gasteiger charge is 2.29. The number of aromatic nitrogens is 2. The summed E-state index contributed by atoms with van der Waals surface area (Å²) < 4.78 is 7.36. The van der Waals surface area contributed by atoms with Crippen molar-refractivity contribution in [3.05, 3.63) is 47.0 Å². The Morgan fingerprint density at radius 2 is 1.96 bits per heavy atom. The molecule has 1 amide bonds. The van der Waals surface area contributed by atoms with Gasteiger partial charge in [-0.3, -0.25) is 9.69 Å². The molecule has 2 aromatic heterocycles. The van der Waals surface area contributed by atoms with Crippen LogP contribution in [0.1, 0.15) is 29.2 Å². The molecule has 1 aliphatic rings. The minimum absolute atomic E-state index is 0.0263. The van der Waals surface area contributed by atoms with Gasteiger partial charge in [-0.15, -0.1) is 11.3 Å². The third-order valence-corrected chi connectivity index (χ3v) is 6.43. The summed E-state index contributed by atoms with van der Waals surface area (Å²) in [6, 6.07) is 12.0. The molecule has 6 nitrogen and oxygen atoms in total. The molecule has 1 N–H and O–H groups in total. The van der Waals surface area contributed by atoms with Crippen molar-refractivity contribution in [3.63, 3.8) is 0 Å². The van der Waals surface area contributed by atoms with Crippen LogP contribution in [-0.2, 0) is 4.74 Å². The molecule has 1 fully saturated rings. The number of benzene rings is 1. The number of amides is 1. The van der Waals surface area contributed by atoms with E-state index < -0.39 is 0 Å². The zero-order valence-corrected chi connectivity index (χ0v) is 17.4. The van der Waals surface area contributed by atoms with Gasteiger partial charge in [0.2, 0.25) is 0 Å². The lowest BCUT2D eigenvalue weighted by Crippen LogP contribution is -2.55. The number of fused-ring (bicyclic) bond motifs is 1. The second-order valence-electron chi connectivity index (χ2n) is 7.76. The van der Waals surface area contributed by atoms with Crippen molar-refractivity contribution in [1.29, 1.82) is 0 Å². The summed E-state index contributed by atoms with van der Waals surface area (Å²) in [6.45, 7) is 10.2. The van der Waals surface area contributed by atoms with Gasteiger partial charge < -0.3 is 10.1 Å². The molecule has 0 atom stereocenters. The predicted molar refractivity (Wildman–Crippen MR) is 112 cm³/mol. The van der Waals surface area contributed by atoms with E-state index in [1.165, 1.54) is 11.3 Å². The summed E-state index contributed by atoms with van der Waals surface area (Å²) in [5.41, 5.74) is 1.83. The van der Waals surface area contributed by atoms with Crippen molar-refractivity contribution in [2.24, 2.45) is 0 Å². The number of aryl methyl sites for hydroxylation is 1. The Kier molecular flexibility index (Phi) is 5.23. The standard InChI is InChI=1S/C21H26N4O2S/c1-15-17-13-18(28-20(17)25(23-15)16-7-5-4-6-8-16)19(26)22-14-21(2,3)24-9-11-27-12-10-24/h4-8,13H,9-12,14H2,1-3H3,(H,22,26). The van der Waals surface area contributed by atoms with Crippen LogP contribution < -0.4 is 5.32 Å². The Labute approximate surface area is 169 Å². The summed E-state index contributed by atoms with van der Waals surface area (Å²) in [4.78, 5) is 16.9. The van der Waals surface area contributed by atoms with Crippen LogP contribution >= 0.6 is 11.3 Å². The molecule has 1 aromatic carbocycles. The van der Waals surface area contributed by atoms with Gasteiger partial charge in [-0.2, -0.15) is 5.10 Å². The maximum atomic E-state index is 12.8. The van der Waals surface area contributed by atoms with Gasteiger partial charge in [0.05, 0.1) is 29.5 Å². The molecule has 1 aliphatic heterocycles. The molecular formula is C21H26N4O2S. The summed E-state index contributed by atoms with van der Waals surface area (Å²) in [6.07, 6.45) is 0. The molecule has 7 heteroatoms. The van der Waals surface area contributed by atoms with E-state index >= 15 is 0 Å². The Balaban J connectivity index is 1.52. The van der Waals surface area contributed by atoms with Crippen LogP contribution in [0.15, 0.2) is 36.4 Å². The number of hydrogen-bond donors (Lipinski definition) is 1. The van der Waals surface area contributed by atoms with E-state index in [1.807, 2.05) is 48.0 Å². The van der Waals surface area contributed by atoms with Crippen molar-refractivity contribution in [2.75, 3.05) is 32.8 Å². The van der Waals surface area contributed by atoms with Gasteiger partial charge in [0.25, 0.3) is 5.91 Å². The topological polar surface area (TPSA) is 59.4 Å². The fraction of sp³-hybridized carbons (Fsp3) is 0.429. The smallest absolute Gasteiger partial charge is 0.261 e. The van der Waals surface area contributed by atoms with Crippen molar-refractivity contribution >= 4 is 27.5 Å². The van der Waals surface area contributed by atoms with E-state index in [1.54, 1.807) is 0 Å². The SMILES string of the molecule is Cc1nn(-c2ccccc2)c2sc(C(=O)NCC(C)(C)N3CCOCC3)cc12. The first-order valence-corrected chi connectivity index (χ1v) is 10.4. The summed E-state index contributed by atoms with van der Waals surface area (Å²) in [5.74, 6) is -0.0263. The molecule has 1 saturated heterocycles. The number of rotatable bonds is 5. The highest BCUT2D eigenvalue weighted by Crippen LogP contribution is 2.30. The molecule has 3 aromatic rings.